The highest BCUT2D eigenvalue weighted by Crippen LogP contribution is 2.31. The highest BCUT2D eigenvalue weighted by Gasteiger charge is 2.25. The van der Waals surface area contributed by atoms with Gasteiger partial charge < -0.3 is 5.32 Å². The van der Waals surface area contributed by atoms with Gasteiger partial charge in [0.2, 0.25) is 0 Å². The Morgan fingerprint density at radius 2 is 2.21 bits per heavy atom. The molecule has 2 atom stereocenters. The van der Waals surface area contributed by atoms with Gasteiger partial charge in [-0.25, -0.2) is 4.39 Å². The molecule has 0 radical (unpaired) electrons. The van der Waals surface area contributed by atoms with Gasteiger partial charge in [-0.05, 0) is 49.1 Å². The third-order valence-corrected chi connectivity index (χ3v) is 3.11. The van der Waals surface area contributed by atoms with Gasteiger partial charge in [0, 0.05) is 6.04 Å². The van der Waals surface area contributed by atoms with Crippen molar-refractivity contribution in [3.63, 3.8) is 0 Å². The lowest BCUT2D eigenvalue weighted by atomic mass is 9.93. The van der Waals surface area contributed by atoms with Crippen molar-refractivity contribution in [3.05, 3.63) is 35.1 Å². The number of benzene rings is 1. The summed E-state index contributed by atoms with van der Waals surface area (Å²) in [5.41, 5.74) is 2.30. The molecule has 2 rings (SSSR count). The van der Waals surface area contributed by atoms with Crippen LogP contribution < -0.4 is 5.32 Å². The van der Waals surface area contributed by atoms with E-state index in [1.807, 2.05) is 13.0 Å². The van der Waals surface area contributed by atoms with Gasteiger partial charge in [0.05, 0.1) is 0 Å². The van der Waals surface area contributed by atoms with Crippen LogP contribution in [0.2, 0.25) is 0 Å². The number of aryl methyl sites for hydroxylation is 1. The average molecular weight is 193 g/mol. The summed E-state index contributed by atoms with van der Waals surface area (Å²) in [6.07, 6.45) is 1.18. The van der Waals surface area contributed by atoms with E-state index >= 15 is 0 Å². The van der Waals surface area contributed by atoms with Crippen LogP contribution in [0.25, 0.3) is 0 Å². The van der Waals surface area contributed by atoms with E-state index in [2.05, 4.69) is 12.2 Å². The lowest BCUT2D eigenvalue weighted by Gasteiger charge is -2.18. The number of hydrogen-bond donors (Lipinski definition) is 1. The molecule has 1 heterocycles. The maximum Gasteiger partial charge on any atom is 0.123 e. The van der Waals surface area contributed by atoms with Gasteiger partial charge in [-0.15, -0.1) is 0 Å². The molecule has 0 bridgehead atoms. The van der Waals surface area contributed by atoms with Crippen molar-refractivity contribution in [1.82, 2.24) is 5.32 Å². The van der Waals surface area contributed by atoms with E-state index in [0.29, 0.717) is 12.0 Å². The fourth-order valence-corrected chi connectivity index (χ4v) is 2.20. The third-order valence-electron chi connectivity index (χ3n) is 3.11. The minimum Gasteiger partial charge on any atom is -0.310 e. The molecule has 0 aromatic heterocycles. The first-order chi connectivity index (χ1) is 6.68. The third kappa shape index (κ3) is 1.67. The van der Waals surface area contributed by atoms with E-state index in [1.54, 1.807) is 6.07 Å². The number of rotatable bonds is 1. The van der Waals surface area contributed by atoms with Crippen LogP contribution >= 0.6 is 0 Å². The predicted octanol–water partition coefficient (Wildman–Crippen LogP) is 2.80. The summed E-state index contributed by atoms with van der Waals surface area (Å²) in [7, 11) is 0. The Hall–Kier alpha value is -0.890. The molecule has 0 aliphatic carbocycles. The van der Waals surface area contributed by atoms with Crippen LogP contribution in [0.1, 0.15) is 30.5 Å². The molecule has 1 nitrogen and oxygen atoms in total. The molecule has 1 aliphatic heterocycles. The van der Waals surface area contributed by atoms with Crippen LogP contribution in [-0.4, -0.2) is 6.54 Å². The van der Waals surface area contributed by atoms with Crippen LogP contribution in [0, 0.1) is 18.7 Å². The van der Waals surface area contributed by atoms with Gasteiger partial charge in [0.25, 0.3) is 0 Å². The lowest BCUT2D eigenvalue weighted by molar-refractivity contribution is 0.497. The molecule has 2 unspecified atom stereocenters. The first kappa shape index (κ1) is 9.66. The van der Waals surface area contributed by atoms with Gasteiger partial charge >= 0.3 is 0 Å². The summed E-state index contributed by atoms with van der Waals surface area (Å²) < 4.78 is 13.1. The van der Waals surface area contributed by atoms with Crippen LogP contribution in [0.4, 0.5) is 4.39 Å². The highest BCUT2D eigenvalue weighted by atomic mass is 19.1. The molecule has 1 saturated heterocycles. The number of halogens is 1. The summed E-state index contributed by atoms with van der Waals surface area (Å²) in [5.74, 6) is 0.474. The van der Waals surface area contributed by atoms with Crippen molar-refractivity contribution >= 4 is 0 Å². The first-order valence-electron chi connectivity index (χ1n) is 5.18. The molecule has 1 aliphatic rings. The molecule has 1 aromatic carbocycles. The lowest BCUT2D eigenvalue weighted by Crippen LogP contribution is -2.17. The topological polar surface area (TPSA) is 12.0 Å². The minimum atomic E-state index is -0.133. The van der Waals surface area contributed by atoms with Crippen molar-refractivity contribution in [2.45, 2.75) is 26.3 Å². The molecule has 2 heteroatoms. The molecule has 0 spiro atoms. The molecule has 76 valence electrons. The highest BCUT2D eigenvalue weighted by molar-refractivity contribution is 5.30. The quantitative estimate of drug-likeness (QED) is 0.723. The minimum absolute atomic E-state index is 0.133. The van der Waals surface area contributed by atoms with Gasteiger partial charge in [-0.2, -0.15) is 0 Å². The Morgan fingerprint density at radius 3 is 2.86 bits per heavy atom. The van der Waals surface area contributed by atoms with Crippen LogP contribution in [0.3, 0.4) is 0 Å². The van der Waals surface area contributed by atoms with E-state index < -0.39 is 0 Å². The Balaban J connectivity index is 2.34. The zero-order valence-corrected chi connectivity index (χ0v) is 8.68. The fraction of sp³-hybridized carbons (Fsp3) is 0.500. The molecule has 0 saturated carbocycles. The monoisotopic (exact) mass is 193 g/mol. The Bertz CT molecular complexity index is 335. The van der Waals surface area contributed by atoms with Gasteiger partial charge in [-0.1, -0.05) is 13.0 Å². The molecular formula is C12H16FN. The van der Waals surface area contributed by atoms with Crippen molar-refractivity contribution in [2.75, 3.05) is 6.54 Å². The number of nitrogens with one attached hydrogen (secondary N) is 1. The van der Waals surface area contributed by atoms with Gasteiger partial charge in [0.1, 0.15) is 5.82 Å². The van der Waals surface area contributed by atoms with E-state index in [0.717, 1.165) is 12.1 Å². The van der Waals surface area contributed by atoms with Gasteiger partial charge in [0.15, 0.2) is 0 Å². The Kier molecular flexibility index (Phi) is 2.55. The van der Waals surface area contributed by atoms with Crippen molar-refractivity contribution < 1.29 is 4.39 Å². The first-order valence-corrected chi connectivity index (χ1v) is 5.18. The Labute approximate surface area is 84.3 Å². The van der Waals surface area contributed by atoms with Crippen LogP contribution in [0.5, 0.6) is 0 Å². The zero-order valence-electron chi connectivity index (χ0n) is 8.68. The molecule has 14 heavy (non-hydrogen) atoms. The second-order valence-corrected chi connectivity index (χ2v) is 4.20. The van der Waals surface area contributed by atoms with Gasteiger partial charge in [-0.3, -0.25) is 0 Å². The molecular weight excluding hydrogens is 177 g/mol. The second kappa shape index (κ2) is 3.70. The van der Waals surface area contributed by atoms with Crippen molar-refractivity contribution in [2.24, 2.45) is 5.92 Å². The SMILES string of the molecule is Cc1ccc(F)cc1C1NCCC1C. The maximum absolute atomic E-state index is 13.1. The smallest absolute Gasteiger partial charge is 0.123 e. The normalized spacial score (nSPS) is 26.8. The second-order valence-electron chi connectivity index (χ2n) is 4.20. The standard InChI is InChI=1S/C12H16FN/c1-8-3-4-10(13)7-11(8)12-9(2)5-6-14-12/h3-4,7,9,12,14H,5-6H2,1-2H3. The Morgan fingerprint density at radius 1 is 1.43 bits per heavy atom. The van der Waals surface area contributed by atoms with Crippen molar-refractivity contribution in [1.29, 1.82) is 0 Å². The van der Waals surface area contributed by atoms with E-state index in [4.69, 9.17) is 0 Å². The van der Waals surface area contributed by atoms with E-state index in [1.165, 1.54) is 18.1 Å². The largest absolute Gasteiger partial charge is 0.310 e. The predicted molar refractivity (Wildman–Crippen MR) is 55.7 cm³/mol. The molecule has 0 amide bonds. The summed E-state index contributed by atoms with van der Waals surface area (Å²) in [6, 6.07) is 5.38. The van der Waals surface area contributed by atoms with Crippen LogP contribution in [0.15, 0.2) is 18.2 Å². The van der Waals surface area contributed by atoms with Crippen LogP contribution in [-0.2, 0) is 0 Å². The molecule has 1 aromatic rings. The fourth-order valence-electron chi connectivity index (χ4n) is 2.20. The van der Waals surface area contributed by atoms with Crippen molar-refractivity contribution in [3.8, 4) is 0 Å². The summed E-state index contributed by atoms with van der Waals surface area (Å²) in [5, 5.41) is 3.42. The van der Waals surface area contributed by atoms with E-state index in [-0.39, 0.29) is 5.82 Å². The molecule has 1 N–H and O–H groups in total. The summed E-state index contributed by atoms with van der Waals surface area (Å²) in [4.78, 5) is 0. The molecule has 1 fully saturated rings. The maximum atomic E-state index is 13.1. The number of hydrogen-bond acceptors (Lipinski definition) is 1. The summed E-state index contributed by atoms with van der Waals surface area (Å²) in [6.45, 7) is 5.30. The summed E-state index contributed by atoms with van der Waals surface area (Å²) >= 11 is 0. The van der Waals surface area contributed by atoms with E-state index in [9.17, 15) is 4.39 Å². The average Bonchev–Trinajstić information content (AvgIpc) is 2.56. The zero-order chi connectivity index (χ0) is 10.1.